The Balaban J connectivity index is 1.69. The van der Waals surface area contributed by atoms with Crippen molar-refractivity contribution in [2.24, 2.45) is 0 Å². The molecule has 1 aliphatic rings. The number of amides is 1. The monoisotopic (exact) mass is 388 g/mol. The van der Waals surface area contributed by atoms with Crippen LogP contribution in [-0.4, -0.2) is 35.2 Å². The van der Waals surface area contributed by atoms with E-state index in [0.29, 0.717) is 13.1 Å². The summed E-state index contributed by atoms with van der Waals surface area (Å²) in [5.41, 5.74) is 2.67. The Labute approximate surface area is 159 Å². The van der Waals surface area contributed by atoms with Gasteiger partial charge in [-0.1, -0.05) is 32.9 Å². The molecular formula is C19H24N4O3S. The number of sulfonamides is 1. The van der Waals surface area contributed by atoms with Crippen LogP contribution in [0.25, 0.3) is 0 Å². The Morgan fingerprint density at radius 1 is 1.19 bits per heavy atom. The zero-order valence-electron chi connectivity index (χ0n) is 15.9. The molecule has 1 aromatic carbocycles. The average Bonchev–Trinajstić information content (AvgIpc) is 3.04. The van der Waals surface area contributed by atoms with Crippen molar-refractivity contribution in [2.45, 2.75) is 57.1 Å². The van der Waals surface area contributed by atoms with E-state index in [-0.39, 0.29) is 16.2 Å². The molecule has 7 nitrogen and oxygen atoms in total. The lowest BCUT2D eigenvalue weighted by atomic mass is 9.87. The van der Waals surface area contributed by atoms with Crippen molar-refractivity contribution >= 4 is 15.9 Å². The molecule has 1 unspecified atom stereocenters. The molecule has 1 aromatic heterocycles. The van der Waals surface area contributed by atoms with Gasteiger partial charge in [0.05, 0.1) is 23.2 Å². The summed E-state index contributed by atoms with van der Waals surface area (Å²) in [6.45, 7) is 8.50. The molecule has 0 fully saturated rings. The van der Waals surface area contributed by atoms with E-state index in [0.717, 1.165) is 16.8 Å². The predicted octanol–water partition coefficient (Wildman–Crippen LogP) is 1.98. The number of fused-ring (bicyclic) bond motifs is 1. The topological polar surface area (TPSA) is 92.3 Å². The first-order valence-corrected chi connectivity index (χ1v) is 10.3. The van der Waals surface area contributed by atoms with Crippen LogP contribution in [0.3, 0.4) is 0 Å². The maximum atomic E-state index is 12.7. The molecular weight excluding hydrogens is 364 g/mol. The van der Waals surface area contributed by atoms with E-state index in [9.17, 15) is 13.2 Å². The van der Waals surface area contributed by atoms with Gasteiger partial charge in [0, 0.05) is 18.3 Å². The zero-order valence-corrected chi connectivity index (χ0v) is 16.7. The molecule has 1 N–H and O–H groups in total. The number of carbonyl (C=O) groups is 1. The second-order valence-corrected chi connectivity index (χ2v) is 9.52. The van der Waals surface area contributed by atoms with Crippen molar-refractivity contribution in [1.82, 2.24) is 19.6 Å². The lowest BCUT2D eigenvalue weighted by Crippen LogP contribution is -2.45. The molecule has 0 saturated carbocycles. The van der Waals surface area contributed by atoms with Crippen molar-refractivity contribution in [3.8, 4) is 0 Å². The van der Waals surface area contributed by atoms with Crippen LogP contribution in [0.1, 0.15) is 44.5 Å². The van der Waals surface area contributed by atoms with Gasteiger partial charge in [0.15, 0.2) is 0 Å². The summed E-state index contributed by atoms with van der Waals surface area (Å²) in [4.78, 5) is 22.5. The van der Waals surface area contributed by atoms with Gasteiger partial charge in [-0.2, -0.15) is 4.72 Å². The first-order valence-electron chi connectivity index (χ1n) is 8.77. The Morgan fingerprint density at radius 2 is 1.85 bits per heavy atom. The minimum Gasteiger partial charge on any atom is -0.331 e. The summed E-state index contributed by atoms with van der Waals surface area (Å²) in [6, 6.07) is 5.87. The number of carbonyl (C=O) groups excluding carboxylic acids is 1. The van der Waals surface area contributed by atoms with E-state index in [1.807, 2.05) is 0 Å². The number of hydrogen-bond acceptors (Lipinski definition) is 5. The number of aromatic nitrogens is 2. The van der Waals surface area contributed by atoms with Gasteiger partial charge >= 0.3 is 0 Å². The number of benzene rings is 1. The third-order valence-corrected chi connectivity index (χ3v) is 6.18. The fourth-order valence-electron chi connectivity index (χ4n) is 3.02. The van der Waals surface area contributed by atoms with Gasteiger partial charge in [0.1, 0.15) is 6.33 Å². The second-order valence-electron chi connectivity index (χ2n) is 7.81. The van der Waals surface area contributed by atoms with Crippen LogP contribution < -0.4 is 4.72 Å². The van der Waals surface area contributed by atoms with Gasteiger partial charge in [-0.05, 0) is 30.0 Å². The Morgan fingerprint density at radius 3 is 2.44 bits per heavy atom. The molecule has 0 radical (unpaired) electrons. The molecule has 0 saturated heterocycles. The SMILES string of the molecule is CC(NS(=O)(=O)c1ccc(C(C)(C)C)cc1)C(=O)N1Cc2cncnc2C1. The van der Waals surface area contributed by atoms with E-state index >= 15 is 0 Å². The smallest absolute Gasteiger partial charge is 0.241 e. The summed E-state index contributed by atoms with van der Waals surface area (Å²) in [7, 11) is -3.79. The lowest BCUT2D eigenvalue weighted by molar-refractivity contribution is -0.133. The summed E-state index contributed by atoms with van der Waals surface area (Å²) >= 11 is 0. The van der Waals surface area contributed by atoms with Crippen LogP contribution >= 0.6 is 0 Å². The highest BCUT2D eigenvalue weighted by atomic mass is 32.2. The normalized spacial score (nSPS) is 15.5. The van der Waals surface area contributed by atoms with Gasteiger partial charge in [0.2, 0.25) is 15.9 Å². The van der Waals surface area contributed by atoms with Gasteiger partial charge in [-0.25, -0.2) is 18.4 Å². The molecule has 0 spiro atoms. The van der Waals surface area contributed by atoms with Crippen molar-refractivity contribution in [1.29, 1.82) is 0 Å². The lowest BCUT2D eigenvalue weighted by Gasteiger charge is -2.22. The molecule has 8 heteroatoms. The minimum atomic E-state index is -3.79. The molecule has 1 aliphatic heterocycles. The molecule has 144 valence electrons. The highest BCUT2D eigenvalue weighted by molar-refractivity contribution is 7.89. The van der Waals surface area contributed by atoms with Crippen molar-refractivity contribution in [2.75, 3.05) is 0 Å². The van der Waals surface area contributed by atoms with Crippen LogP contribution in [0.4, 0.5) is 0 Å². The number of rotatable bonds is 4. The predicted molar refractivity (Wildman–Crippen MR) is 101 cm³/mol. The molecule has 3 rings (SSSR count). The Hall–Kier alpha value is -2.32. The van der Waals surface area contributed by atoms with E-state index in [4.69, 9.17) is 0 Å². The van der Waals surface area contributed by atoms with Gasteiger partial charge in [0.25, 0.3) is 0 Å². The fourth-order valence-corrected chi connectivity index (χ4v) is 4.21. The molecule has 0 bridgehead atoms. The fraction of sp³-hybridized carbons (Fsp3) is 0.421. The Kier molecular flexibility index (Phi) is 5.05. The third-order valence-electron chi connectivity index (χ3n) is 4.63. The number of hydrogen-bond donors (Lipinski definition) is 1. The third kappa shape index (κ3) is 4.17. The van der Waals surface area contributed by atoms with Crippen molar-refractivity contribution in [3.05, 3.63) is 53.6 Å². The van der Waals surface area contributed by atoms with E-state index < -0.39 is 16.1 Å². The van der Waals surface area contributed by atoms with Crippen molar-refractivity contribution in [3.63, 3.8) is 0 Å². The maximum Gasteiger partial charge on any atom is 0.241 e. The van der Waals surface area contributed by atoms with Crippen LogP contribution in [0.15, 0.2) is 41.7 Å². The maximum absolute atomic E-state index is 12.7. The second kappa shape index (κ2) is 7.01. The molecule has 2 aromatic rings. The summed E-state index contributed by atoms with van der Waals surface area (Å²) in [5.74, 6) is -0.289. The van der Waals surface area contributed by atoms with Crippen LogP contribution in [0, 0.1) is 0 Å². The van der Waals surface area contributed by atoms with Gasteiger partial charge in [-0.15, -0.1) is 0 Å². The van der Waals surface area contributed by atoms with Crippen molar-refractivity contribution < 1.29 is 13.2 Å². The number of nitrogens with zero attached hydrogens (tertiary/aromatic N) is 3. The van der Waals surface area contributed by atoms with E-state index in [2.05, 4.69) is 35.5 Å². The molecule has 1 amide bonds. The van der Waals surface area contributed by atoms with E-state index in [1.54, 1.807) is 42.3 Å². The molecule has 27 heavy (non-hydrogen) atoms. The highest BCUT2D eigenvalue weighted by Crippen LogP contribution is 2.24. The summed E-state index contributed by atoms with van der Waals surface area (Å²) in [6.07, 6.45) is 3.13. The first-order chi connectivity index (χ1) is 12.6. The van der Waals surface area contributed by atoms with Crippen LogP contribution in [-0.2, 0) is 33.3 Å². The summed E-state index contributed by atoms with van der Waals surface area (Å²) < 4.78 is 27.8. The number of nitrogens with one attached hydrogen (secondary N) is 1. The largest absolute Gasteiger partial charge is 0.331 e. The van der Waals surface area contributed by atoms with Gasteiger partial charge in [-0.3, -0.25) is 4.79 Å². The zero-order chi connectivity index (χ0) is 19.8. The van der Waals surface area contributed by atoms with E-state index in [1.165, 1.54) is 6.33 Å². The molecule has 2 heterocycles. The van der Waals surface area contributed by atoms with Crippen LogP contribution in [0.2, 0.25) is 0 Å². The molecule has 0 aliphatic carbocycles. The first kappa shape index (κ1) is 19.4. The summed E-state index contributed by atoms with van der Waals surface area (Å²) in [5, 5.41) is 0. The van der Waals surface area contributed by atoms with Crippen LogP contribution in [0.5, 0.6) is 0 Å². The standard InChI is InChI=1S/C19H24N4O3S/c1-13(18(24)23-10-14-9-20-12-21-17(14)11-23)22-27(25,26)16-7-5-15(6-8-16)19(2,3)4/h5-9,12-13,22H,10-11H2,1-4H3. The Bertz CT molecular complexity index is 925. The van der Waals surface area contributed by atoms with Gasteiger partial charge < -0.3 is 4.90 Å². The quantitative estimate of drug-likeness (QED) is 0.865. The molecule has 1 atom stereocenters. The highest BCUT2D eigenvalue weighted by Gasteiger charge is 2.30. The minimum absolute atomic E-state index is 0.0629. The average molecular weight is 388 g/mol.